The summed E-state index contributed by atoms with van der Waals surface area (Å²) in [7, 11) is 4.06. The van der Waals surface area contributed by atoms with E-state index in [1.54, 1.807) is 0 Å². The van der Waals surface area contributed by atoms with Gasteiger partial charge in [-0.05, 0) is 44.8 Å². The zero-order valence-electron chi connectivity index (χ0n) is 12.3. The molecule has 1 rings (SSSR count). The van der Waals surface area contributed by atoms with E-state index in [0.29, 0.717) is 6.61 Å². The first-order chi connectivity index (χ1) is 9.26. The van der Waals surface area contributed by atoms with E-state index in [1.807, 2.05) is 31.3 Å². The number of rotatable bonds is 10. The number of nitrogens with one attached hydrogen (secondary N) is 1. The molecule has 0 aliphatic carbocycles. The Kier molecular flexibility index (Phi) is 8.02. The largest absolute Gasteiger partial charge is 0.494 e. The molecule has 1 aromatic carbocycles. The maximum Gasteiger partial charge on any atom is 0.119 e. The van der Waals surface area contributed by atoms with Crippen molar-refractivity contribution in [1.29, 1.82) is 0 Å². The molecule has 19 heavy (non-hydrogen) atoms. The second kappa shape index (κ2) is 9.64. The first kappa shape index (κ1) is 15.8. The molecule has 1 aromatic rings. The highest BCUT2D eigenvalue weighted by Crippen LogP contribution is 2.17. The topological polar surface area (TPSA) is 33.7 Å². The molecule has 0 fully saturated rings. The number of benzene rings is 1. The summed E-state index contributed by atoms with van der Waals surface area (Å²) in [6.45, 7) is 6.52. The predicted octanol–water partition coefficient (Wildman–Crippen LogP) is 2.01. The average molecular weight is 266 g/mol. The zero-order chi connectivity index (χ0) is 13.9. The minimum absolute atomic E-state index is 0.704. The van der Waals surface area contributed by atoms with Crippen LogP contribution in [0.4, 0.5) is 0 Å². The molecule has 0 radical (unpaired) electrons. The van der Waals surface area contributed by atoms with Crippen molar-refractivity contribution in [2.75, 3.05) is 46.9 Å². The molecule has 4 heteroatoms. The molecule has 0 saturated carbocycles. The summed E-state index contributed by atoms with van der Waals surface area (Å²) in [5.74, 6) is 1.80. The normalized spacial score (nSPS) is 10.7. The molecule has 0 unspecified atom stereocenters. The van der Waals surface area contributed by atoms with Crippen LogP contribution >= 0.6 is 0 Å². The van der Waals surface area contributed by atoms with Crippen LogP contribution in [0.3, 0.4) is 0 Å². The van der Waals surface area contributed by atoms with Crippen molar-refractivity contribution >= 4 is 0 Å². The molecule has 0 aromatic heterocycles. The van der Waals surface area contributed by atoms with Crippen LogP contribution in [-0.2, 0) is 0 Å². The third kappa shape index (κ3) is 7.03. The average Bonchev–Trinajstić information content (AvgIpc) is 2.44. The quantitative estimate of drug-likeness (QED) is 0.702. The van der Waals surface area contributed by atoms with Crippen LogP contribution in [0.1, 0.15) is 13.3 Å². The summed E-state index contributed by atoms with van der Waals surface area (Å²) >= 11 is 0. The van der Waals surface area contributed by atoms with Crippen LogP contribution in [0.25, 0.3) is 0 Å². The van der Waals surface area contributed by atoms with Gasteiger partial charge in [-0.15, -0.1) is 0 Å². The minimum Gasteiger partial charge on any atom is -0.494 e. The summed E-state index contributed by atoms with van der Waals surface area (Å²) in [4.78, 5) is 2.25. The molecule has 108 valence electrons. The first-order valence-electron chi connectivity index (χ1n) is 6.95. The Morgan fingerprint density at radius 1 is 1.00 bits per heavy atom. The van der Waals surface area contributed by atoms with Gasteiger partial charge in [0.15, 0.2) is 0 Å². The number of likely N-dealkylation sites (N-methyl/N-ethyl adjacent to an activating group) is 2. The Bertz CT molecular complexity index is 327. The Morgan fingerprint density at radius 2 is 1.58 bits per heavy atom. The fraction of sp³-hybridized carbons (Fsp3) is 0.600. The van der Waals surface area contributed by atoms with Gasteiger partial charge in [0.05, 0.1) is 6.61 Å². The lowest BCUT2D eigenvalue weighted by Crippen LogP contribution is -2.30. The van der Waals surface area contributed by atoms with Gasteiger partial charge in [0.25, 0.3) is 0 Å². The first-order valence-corrected chi connectivity index (χ1v) is 6.95. The second-order valence-corrected chi connectivity index (χ2v) is 4.58. The summed E-state index contributed by atoms with van der Waals surface area (Å²) in [6.07, 6.45) is 1.03. The molecular weight excluding hydrogens is 240 g/mol. The van der Waals surface area contributed by atoms with Gasteiger partial charge in [-0.25, -0.2) is 0 Å². The van der Waals surface area contributed by atoms with Gasteiger partial charge < -0.3 is 19.7 Å². The molecule has 1 N–H and O–H groups in total. The smallest absolute Gasteiger partial charge is 0.119 e. The lowest BCUT2D eigenvalue weighted by Gasteiger charge is -2.16. The van der Waals surface area contributed by atoms with E-state index < -0.39 is 0 Å². The van der Waals surface area contributed by atoms with Crippen LogP contribution < -0.4 is 14.8 Å². The molecule has 0 aliphatic rings. The number of hydrogen-bond acceptors (Lipinski definition) is 4. The standard InChI is InChI=1S/C15H26N2O2/c1-4-12-18-14-5-7-15(8-6-14)19-13-11-17(3)10-9-16-2/h5-8,16H,4,9-13H2,1-3H3. The van der Waals surface area contributed by atoms with E-state index in [2.05, 4.69) is 24.2 Å². The van der Waals surface area contributed by atoms with E-state index in [0.717, 1.165) is 44.2 Å². The highest BCUT2D eigenvalue weighted by Gasteiger charge is 1.99. The molecular formula is C15H26N2O2. The number of nitrogens with zero attached hydrogens (tertiary/aromatic N) is 1. The van der Waals surface area contributed by atoms with E-state index in [4.69, 9.17) is 9.47 Å². The fourth-order valence-corrected chi connectivity index (χ4v) is 1.59. The van der Waals surface area contributed by atoms with Crippen molar-refractivity contribution in [2.24, 2.45) is 0 Å². The van der Waals surface area contributed by atoms with E-state index >= 15 is 0 Å². The van der Waals surface area contributed by atoms with Gasteiger partial charge in [-0.3, -0.25) is 0 Å². The lowest BCUT2D eigenvalue weighted by atomic mass is 10.3. The summed E-state index contributed by atoms with van der Waals surface area (Å²) in [5.41, 5.74) is 0. The molecule has 0 saturated heterocycles. The van der Waals surface area contributed by atoms with Gasteiger partial charge in [-0.2, -0.15) is 0 Å². The number of ether oxygens (including phenoxy) is 2. The third-order valence-electron chi connectivity index (χ3n) is 2.78. The molecule has 0 amide bonds. The van der Waals surface area contributed by atoms with Gasteiger partial charge in [0.2, 0.25) is 0 Å². The number of hydrogen-bond donors (Lipinski definition) is 1. The lowest BCUT2D eigenvalue weighted by molar-refractivity contribution is 0.238. The van der Waals surface area contributed by atoms with Crippen molar-refractivity contribution in [3.05, 3.63) is 24.3 Å². The SMILES string of the molecule is CCCOc1ccc(OCCN(C)CCNC)cc1. The molecule has 0 atom stereocenters. The fourth-order valence-electron chi connectivity index (χ4n) is 1.59. The van der Waals surface area contributed by atoms with Crippen molar-refractivity contribution in [3.63, 3.8) is 0 Å². The second-order valence-electron chi connectivity index (χ2n) is 4.58. The van der Waals surface area contributed by atoms with Crippen LogP contribution in [0.2, 0.25) is 0 Å². The summed E-state index contributed by atoms with van der Waals surface area (Å²) in [5, 5.41) is 3.13. The monoisotopic (exact) mass is 266 g/mol. The maximum atomic E-state index is 5.70. The van der Waals surface area contributed by atoms with E-state index in [1.165, 1.54) is 0 Å². The van der Waals surface area contributed by atoms with Crippen LogP contribution in [-0.4, -0.2) is 51.8 Å². The van der Waals surface area contributed by atoms with Crippen LogP contribution in [0, 0.1) is 0 Å². The van der Waals surface area contributed by atoms with Gasteiger partial charge in [0.1, 0.15) is 18.1 Å². The summed E-state index contributed by atoms with van der Waals surface area (Å²) in [6, 6.07) is 7.82. The zero-order valence-corrected chi connectivity index (χ0v) is 12.3. The van der Waals surface area contributed by atoms with Crippen molar-refractivity contribution in [2.45, 2.75) is 13.3 Å². The molecule has 0 aliphatic heterocycles. The Labute approximate surface area is 116 Å². The Balaban J connectivity index is 2.22. The van der Waals surface area contributed by atoms with Gasteiger partial charge >= 0.3 is 0 Å². The Morgan fingerprint density at radius 3 is 2.11 bits per heavy atom. The van der Waals surface area contributed by atoms with Crippen molar-refractivity contribution in [1.82, 2.24) is 10.2 Å². The van der Waals surface area contributed by atoms with Gasteiger partial charge in [-0.1, -0.05) is 6.92 Å². The molecule has 0 bridgehead atoms. The van der Waals surface area contributed by atoms with Crippen molar-refractivity contribution < 1.29 is 9.47 Å². The highest BCUT2D eigenvalue weighted by atomic mass is 16.5. The molecule has 0 heterocycles. The minimum atomic E-state index is 0.704. The van der Waals surface area contributed by atoms with Crippen molar-refractivity contribution in [3.8, 4) is 11.5 Å². The third-order valence-corrected chi connectivity index (χ3v) is 2.78. The van der Waals surface area contributed by atoms with Crippen LogP contribution in [0.5, 0.6) is 11.5 Å². The van der Waals surface area contributed by atoms with E-state index in [9.17, 15) is 0 Å². The highest BCUT2D eigenvalue weighted by molar-refractivity contribution is 5.31. The van der Waals surface area contributed by atoms with Crippen LogP contribution in [0.15, 0.2) is 24.3 Å². The van der Waals surface area contributed by atoms with Gasteiger partial charge in [0, 0.05) is 19.6 Å². The van der Waals surface area contributed by atoms with E-state index in [-0.39, 0.29) is 0 Å². The Hall–Kier alpha value is -1.26. The predicted molar refractivity (Wildman–Crippen MR) is 79.1 cm³/mol. The maximum absolute atomic E-state index is 5.70. The summed E-state index contributed by atoms with van der Waals surface area (Å²) < 4.78 is 11.2. The molecule has 4 nitrogen and oxygen atoms in total. The molecule has 0 spiro atoms.